The molecule has 2 nitrogen and oxygen atoms in total. The Morgan fingerprint density at radius 2 is 2.36 bits per heavy atom. The molecule has 0 aromatic heterocycles. The fraction of sp³-hybridized carbons (Fsp3) is 0.889. The second-order valence-corrected chi connectivity index (χ2v) is 3.07. The van der Waals surface area contributed by atoms with E-state index in [1.54, 1.807) is 0 Å². The van der Waals surface area contributed by atoms with Crippen LogP contribution >= 0.6 is 0 Å². The SMILES string of the molecule is CCCC(=O)C1CCCCO1. The van der Waals surface area contributed by atoms with Gasteiger partial charge in [0.2, 0.25) is 0 Å². The van der Waals surface area contributed by atoms with Crippen LogP contribution in [0.5, 0.6) is 0 Å². The highest BCUT2D eigenvalue weighted by molar-refractivity contribution is 5.83. The maximum atomic E-state index is 11.3. The summed E-state index contributed by atoms with van der Waals surface area (Å²) in [6.07, 6.45) is 4.78. The molecule has 0 aromatic carbocycles. The zero-order chi connectivity index (χ0) is 8.10. The van der Waals surface area contributed by atoms with Crippen molar-refractivity contribution in [2.24, 2.45) is 0 Å². The van der Waals surface area contributed by atoms with E-state index in [1.807, 2.05) is 6.92 Å². The Labute approximate surface area is 67.9 Å². The Bertz CT molecular complexity index is 126. The molecule has 11 heavy (non-hydrogen) atoms. The molecule has 1 saturated heterocycles. The summed E-state index contributed by atoms with van der Waals surface area (Å²) in [7, 11) is 0. The number of hydrogen-bond donors (Lipinski definition) is 0. The van der Waals surface area contributed by atoms with Crippen LogP contribution in [-0.4, -0.2) is 18.5 Å². The maximum Gasteiger partial charge on any atom is 0.161 e. The van der Waals surface area contributed by atoms with E-state index < -0.39 is 0 Å². The Morgan fingerprint density at radius 1 is 1.55 bits per heavy atom. The van der Waals surface area contributed by atoms with Gasteiger partial charge in [-0.3, -0.25) is 4.79 Å². The predicted molar refractivity (Wildman–Crippen MR) is 43.5 cm³/mol. The first-order valence-corrected chi connectivity index (χ1v) is 4.49. The normalized spacial score (nSPS) is 25.0. The topological polar surface area (TPSA) is 26.3 Å². The second-order valence-electron chi connectivity index (χ2n) is 3.07. The van der Waals surface area contributed by atoms with Crippen LogP contribution in [-0.2, 0) is 9.53 Å². The molecule has 64 valence electrons. The van der Waals surface area contributed by atoms with Crippen LogP contribution in [0.25, 0.3) is 0 Å². The van der Waals surface area contributed by atoms with Gasteiger partial charge in [0.15, 0.2) is 5.78 Å². The molecule has 1 aliphatic heterocycles. The van der Waals surface area contributed by atoms with Crippen molar-refractivity contribution >= 4 is 5.78 Å². The van der Waals surface area contributed by atoms with E-state index in [1.165, 1.54) is 0 Å². The van der Waals surface area contributed by atoms with Gasteiger partial charge in [-0.15, -0.1) is 0 Å². The zero-order valence-corrected chi connectivity index (χ0v) is 7.14. The summed E-state index contributed by atoms with van der Waals surface area (Å²) in [6, 6.07) is 0. The largest absolute Gasteiger partial charge is 0.370 e. The van der Waals surface area contributed by atoms with Crippen molar-refractivity contribution in [3.05, 3.63) is 0 Å². The standard InChI is InChI=1S/C9H16O2/c1-2-5-8(10)9-6-3-4-7-11-9/h9H,2-7H2,1H3. The van der Waals surface area contributed by atoms with Gasteiger partial charge in [0.05, 0.1) is 0 Å². The van der Waals surface area contributed by atoms with Crippen molar-refractivity contribution < 1.29 is 9.53 Å². The van der Waals surface area contributed by atoms with E-state index in [0.717, 1.165) is 32.3 Å². The van der Waals surface area contributed by atoms with Gasteiger partial charge in [-0.05, 0) is 25.7 Å². The molecular formula is C9H16O2. The Kier molecular flexibility index (Phi) is 3.57. The molecule has 1 fully saturated rings. The summed E-state index contributed by atoms with van der Waals surface area (Å²) in [5.74, 6) is 0.298. The fourth-order valence-electron chi connectivity index (χ4n) is 1.40. The number of rotatable bonds is 3. The molecule has 0 aliphatic carbocycles. The van der Waals surface area contributed by atoms with E-state index in [0.29, 0.717) is 12.2 Å². The third-order valence-corrected chi connectivity index (χ3v) is 2.04. The highest BCUT2D eigenvalue weighted by atomic mass is 16.5. The minimum absolute atomic E-state index is 0.0660. The lowest BCUT2D eigenvalue weighted by atomic mass is 10.0. The van der Waals surface area contributed by atoms with Crippen LogP contribution in [0, 0.1) is 0 Å². The van der Waals surface area contributed by atoms with Gasteiger partial charge in [-0.2, -0.15) is 0 Å². The predicted octanol–water partition coefficient (Wildman–Crippen LogP) is 1.92. The Balaban J connectivity index is 2.27. The van der Waals surface area contributed by atoms with Gasteiger partial charge < -0.3 is 4.74 Å². The molecule has 0 spiro atoms. The van der Waals surface area contributed by atoms with Gasteiger partial charge in [0.25, 0.3) is 0 Å². The summed E-state index contributed by atoms with van der Waals surface area (Å²) < 4.78 is 5.34. The molecule has 1 unspecified atom stereocenters. The van der Waals surface area contributed by atoms with E-state index in [-0.39, 0.29) is 6.10 Å². The zero-order valence-electron chi connectivity index (χ0n) is 7.14. The van der Waals surface area contributed by atoms with E-state index in [9.17, 15) is 4.79 Å². The van der Waals surface area contributed by atoms with Gasteiger partial charge in [-0.1, -0.05) is 6.92 Å². The molecule has 1 aliphatic rings. The molecule has 0 N–H and O–H groups in total. The molecule has 0 saturated carbocycles. The van der Waals surface area contributed by atoms with Crippen LogP contribution in [0.3, 0.4) is 0 Å². The van der Waals surface area contributed by atoms with Crippen LogP contribution in [0.2, 0.25) is 0 Å². The minimum Gasteiger partial charge on any atom is -0.370 e. The molecule has 1 atom stereocenters. The molecule has 0 amide bonds. The summed E-state index contributed by atoms with van der Waals surface area (Å²) in [6.45, 7) is 2.81. The summed E-state index contributed by atoms with van der Waals surface area (Å²) in [5.41, 5.74) is 0. The molecular weight excluding hydrogens is 140 g/mol. The van der Waals surface area contributed by atoms with Crippen molar-refractivity contribution in [3.8, 4) is 0 Å². The Morgan fingerprint density at radius 3 is 2.91 bits per heavy atom. The molecule has 0 aromatic rings. The average molecular weight is 156 g/mol. The van der Waals surface area contributed by atoms with Crippen LogP contribution in [0.15, 0.2) is 0 Å². The molecule has 1 rings (SSSR count). The monoisotopic (exact) mass is 156 g/mol. The fourth-order valence-corrected chi connectivity index (χ4v) is 1.40. The van der Waals surface area contributed by atoms with Gasteiger partial charge in [0.1, 0.15) is 6.10 Å². The highest BCUT2D eigenvalue weighted by Gasteiger charge is 2.20. The van der Waals surface area contributed by atoms with E-state index in [2.05, 4.69) is 0 Å². The van der Waals surface area contributed by atoms with E-state index >= 15 is 0 Å². The summed E-state index contributed by atoms with van der Waals surface area (Å²) in [5, 5.41) is 0. The molecule has 2 heteroatoms. The Hall–Kier alpha value is -0.370. The van der Waals surface area contributed by atoms with Gasteiger partial charge in [-0.25, -0.2) is 0 Å². The van der Waals surface area contributed by atoms with Crippen molar-refractivity contribution in [2.75, 3.05) is 6.61 Å². The van der Waals surface area contributed by atoms with E-state index in [4.69, 9.17) is 4.74 Å². The number of carbonyl (C=O) groups excluding carboxylic acids is 1. The molecule has 0 radical (unpaired) electrons. The third kappa shape index (κ3) is 2.62. The van der Waals surface area contributed by atoms with Crippen molar-refractivity contribution in [3.63, 3.8) is 0 Å². The third-order valence-electron chi connectivity index (χ3n) is 2.04. The summed E-state index contributed by atoms with van der Waals surface area (Å²) in [4.78, 5) is 11.3. The quantitative estimate of drug-likeness (QED) is 0.624. The van der Waals surface area contributed by atoms with Crippen molar-refractivity contribution in [1.29, 1.82) is 0 Å². The lowest BCUT2D eigenvalue weighted by Gasteiger charge is -2.20. The van der Waals surface area contributed by atoms with Crippen LogP contribution in [0.4, 0.5) is 0 Å². The maximum absolute atomic E-state index is 11.3. The first kappa shape index (κ1) is 8.72. The number of Topliss-reactive ketones (excluding diaryl/α,β-unsaturated/α-hetero) is 1. The lowest BCUT2D eigenvalue weighted by Crippen LogP contribution is -2.27. The van der Waals surface area contributed by atoms with Gasteiger partial charge in [0, 0.05) is 13.0 Å². The van der Waals surface area contributed by atoms with Crippen molar-refractivity contribution in [1.82, 2.24) is 0 Å². The molecule has 0 bridgehead atoms. The first-order chi connectivity index (χ1) is 5.34. The number of ketones is 1. The molecule has 1 heterocycles. The smallest absolute Gasteiger partial charge is 0.161 e. The van der Waals surface area contributed by atoms with Gasteiger partial charge >= 0.3 is 0 Å². The number of ether oxygens (including phenoxy) is 1. The lowest BCUT2D eigenvalue weighted by molar-refractivity contribution is -0.133. The highest BCUT2D eigenvalue weighted by Crippen LogP contribution is 2.14. The first-order valence-electron chi connectivity index (χ1n) is 4.49. The van der Waals surface area contributed by atoms with Crippen LogP contribution < -0.4 is 0 Å². The second kappa shape index (κ2) is 4.50. The number of carbonyl (C=O) groups is 1. The van der Waals surface area contributed by atoms with Crippen molar-refractivity contribution in [2.45, 2.75) is 45.1 Å². The van der Waals surface area contributed by atoms with Crippen LogP contribution in [0.1, 0.15) is 39.0 Å². The summed E-state index contributed by atoms with van der Waals surface area (Å²) >= 11 is 0. The minimum atomic E-state index is -0.0660. The number of hydrogen-bond acceptors (Lipinski definition) is 2. The average Bonchev–Trinajstić information content (AvgIpc) is 2.07.